The van der Waals surface area contributed by atoms with E-state index in [4.69, 9.17) is 4.74 Å². The molecule has 0 spiro atoms. The SMILES string of the molecule is Cc1cc2c(c(-c3cc(F)c4c(c3C)CCCO4)c1CC(=O)O)CCN2C=O. The van der Waals surface area contributed by atoms with Crippen molar-refractivity contribution in [3.8, 4) is 16.9 Å². The van der Waals surface area contributed by atoms with Crippen molar-refractivity contribution in [3.05, 3.63) is 45.8 Å². The van der Waals surface area contributed by atoms with Crippen LogP contribution in [0.5, 0.6) is 5.75 Å². The van der Waals surface area contributed by atoms with E-state index in [-0.39, 0.29) is 6.42 Å². The van der Waals surface area contributed by atoms with E-state index in [1.807, 2.05) is 19.9 Å². The molecular weight excluding hydrogens is 361 g/mol. The normalized spacial score (nSPS) is 15.0. The molecule has 2 aliphatic heterocycles. The number of benzene rings is 2. The van der Waals surface area contributed by atoms with Crippen LogP contribution >= 0.6 is 0 Å². The highest BCUT2D eigenvalue weighted by molar-refractivity contribution is 5.90. The number of carboxylic acids is 1. The number of carbonyl (C=O) groups is 2. The molecule has 0 atom stereocenters. The first-order chi connectivity index (χ1) is 13.4. The summed E-state index contributed by atoms with van der Waals surface area (Å²) in [4.78, 5) is 24.6. The summed E-state index contributed by atoms with van der Waals surface area (Å²) in [5, 5.41) is 9.46. The van der Waals surface area contributed by atoms with Crippen LogP contribution in [0.1, 0.15) is 34.2 Å². The van der Waals surface area contributed by atoms with Crippen LogP contribution in [-0.2, 0) is 28.9 Å². The van der Waals surface area contributed by atoms with Crippen molar-refractivity contribution in [1.82, 2.24) is 0 Å². The Balaban J connectivity index is 2.03. The quantitative estimate of drug-likeness (QED) is 0.820. The molecule has 1 amide bonds. The molecule has 28 heavy (non-hydrogen) atoms. The van der Waals surface area contributed by atoms with Crippen LogP contribution in [0.2, 0.25) is 0 Å². The van der Waals surface area contributed by atoms with Gasteiger partial charge in [0.25, 0.3) is 0 Å². The maximum atomic E-state index is 14.9. The lowest BCUT2D eigenvalue weighted by Crippen LogP contribution is -2.17. The van der Waals surface area contributed by atoms with Crippen LogP contribution in [0, 0.1) is 19.7 Å². The molecule has 2 heterocycles. The van der Waals surface area contributed by atoms with Crippen molar-refractivity contribution < 1.29 is 23.8 Å². The lowest BCUT2D eigenvalue weighted by atomic mass is 9.84. The van der Waals surface area contributed by atoms with Gasteiger partial charge in [0.15, 0.2) is 11.6 Å². The van der Waals surface area contributed by atoms with Gasteiger partial charge in [-0.25, -0.2) is 4.39 Å². The van der Waals surface area contributed by atoms with Crippen LogP contribution in [0.4, 0.5) is 10.1 Å². The third kappa shape index (κ3) is 2.84. The molecule has 5 nitrogen and oxygen atoms in total. The smallest absolute Gasteiger partial charge is 0.307 e. The molecule has 4 rings (SSSR count). The zero-order chi connectivity index (χ0) is 20.0. The Hall–Kier alpha value is -2.89. The predicted molar refractivity (Wildman–Crippen MR) is 104 cm³/mol. The summed E-state index contributed by atoms with van der Waals surface area (Å²) in [6.45, 7) is 4.82. The van der Waals surface area contributed by atoms with Gasteiger partial charge < -0.3 is 14.7 Å². The van der Waals surface area contributed by atoms with Gasteiger partial charge in [-0.1, -0.05) is 0 Å². The second-order valence-corrected chi connectivity index (χ2v) is 7.45. The number of hydrogen-bond donors (Lipinski definition) is 1. The number of carboxylic acid groups (broad SMARTS) is 1. The molecule has 146 valence electrons. The van der Waals surface area contributed by atoms with E-state index in [1.54, 1.807) is 4.90 Å². The van der Waals surface area contributed by atoms with Crippen molar-refractivity contribution in [1.29, 1.82) is 0 Å². The summed E-state index contributed by atoms with van der Waals surface area (Å²) < 4.78 is 20.4. The molecule has 6 heteroatoms. The zero-order valence-electron chi connectivity index (χ0n) is 16.0. The standard InChI is InChI=1S/C22H22FNO4/c1-12-8-19-15(5-6-24(19)11-25)21(16(12)10-20(26)27)17-9-18(23)22-14(13(17)2)4-3-7-28-22/h8-9,11H,3-7,10H2,1-2H3,(H,26,27). The van der Waals surface area contributed by atoms with E-state index < -0.39 is 11.8 Å². The molecule has 2 aromatic carbocycles. The van der Waals surface area contributed by atoms with Crippen molar-refractivity contribution in [3.63, 3.8) is 0 Å². The summed E-state index contributed by atoms with van der Waals surface area (Å²) in [7, 11) is 0. The fraction of sp³-hybridized carbons (Fsp3) is 0.364. The van der Waals surface area contributed by atoms with Crippen LogP contribution in [0.3, 0.4) is 0 Å². The maximum Gasteiger partial charge on any atom is 0.307 e. The first-order valence-electron chi connectivity index (χ1n) is 9.46. The molecular formula is C22H22FNO4. The highest BCUT2D eigenvalue weighted by atomic mass is 19.1. The van der Waals surface area contributed by atoms with E-state index in [0.29, 0.717) is 36.4 Å². The number of amides is 1. The van der Waals surface area contributed by atoms with Crippen molar-refractivity contribution in [2.45, 2.75) is 39.5 Å². The minimum absolute atomic E-state index is 0.149. The van der Waals surface area contributed by atoms with Crippen molar-refractivity contribution >= 4 is 18.1 Å². The van der Waals surface area contributed by atoms with Gasteiger partial charge >= 0.3 is 5.97 Å². The number of halogens is 1. The molecule has 0 aliphatic carbocycles. The van der Waals surface area contributed by atoms with Gasteiger partial charge in [0.1, 0.15) is 0 Å². The van der Waals surface area contributed by atoms with Crippen molar-refractivity contribution in [2.75, 3.05) is 18.1 Å². The van der Waals surface area contributed by atoms with Crippen LogP contribution in [-0.4, -0.2) is 30.6 Å². The van der Waals surface area contributed by atoms with E-state index in [1.165, 1.54) is 6.07 Å². The summed E-state index contributed by atoms with van der Waals surface area (Å²) >= 11 is 0. The lowest BCUT2D eigenvalue weighted by Gasteiger charge is -2.25. The summed E-state index contributed by atoms with van der Waals surface area (Å²) in [5.41, 5.74) is 6.38. The van der Waals surface area contributed by atoms with Crippen molar-refractivity contribution in [2.24, 2.45) is 0 Å². The minimum atomic E-state index is -0.936. The van der Waals surface area contributed by atoms with Gasteiger partial charge in [0, 0.05) is 17.8 Å². The Labute approximate surface area is 162 Å². The second kappa shape index (κ2) is 6.93. The number of nitrogens with zero attached hydrogens (tertiary/aromatic N) is 1. The molecule has 0 saturated carbocycles. The number of ether oxygens (including phenoxy) is 1. The number of fused-ring (bicyclic) bond motifs is 2. The van der Waals surface area contributed by atoms with Gasteiger partial charge in [0.2, 0.25) is 6.41 Å². The fourth-order valence-corrected chi connectivity index (χ4v) is 4.48. The first kappa shape index (κ1) is 18.5. The molecule has 2 aromatic rings. The van der Waals surface area contributed by atoms with Gasteiger partial charge in [0.05, 0.1) is 13.0 Å². The van der Waals surface area contributed by atoms with Gasteiger partial charge in [-0.05, 0) is 78.6 Å². The zero-order valence-corrected chi connectivity index (χ0v) is 16.0. The summed E-state index contributed by atoms with van der Waals surface area (Å²) in [6.07, 6.45) is 2.81. The monoisotopic (exact) mass is 383 g/mol. The van der Waals surface area contributed by atoms with Gasteiger partial charge in [-0.15, -0.1) is 0 Å². The third-order valence-electron chi connectivity index (χ3n) is 5.81. The largest absolute Gasteiger partial charge is 0.490 e. The average Bonchev–Trinajstić information content (AvgIpc) is 3.07. The topological polar surface area (TPSA) is 66.8 Å². The number of rotatable bonds is 4. The number of carbonyl (C=O) groups excluding carboxylic acids is 1. The molecule has 2 aliphatic rings. The fourth-order valence-electron chi connectivity index (χ4n) is 4.48. The number of aliphatic carboxylic acids is 1. The first-order valence-corrected chi connectivity index (χ1v) is 9.46. The Morgan fingerprint density at radius 3 is 2.79 bits per heavy atom. The average molecular weight is 383 g/mol. The molecule has 0 fully saturated rings. The summed E-state index contributed by atoms with van der Waals surface area (Å²) in [6, 6.07) is 3.33. The van der Waals surface area contributed by atoms with E-state index in [0.717, 1.165) is 52.8 Å². The van der Waals surface area contributed by atoms with E-state index >= 15 is 0 Å². The van der Waals surface area contributed by atoms with Crippen LogP contribution in [0.25, 0.3) is 11.1 Å². The molecule has 0 saturated heterocycles. The van der Waals surface area contributed by atoms with Gasteiger partial charge in [-0.2, -0.15) is 0 Å². The third-order valence-corrected chi connectivity index (χ3v) is 5.81. The Morgan fingerprint density at radius 2 is 2.07 bits per heavy atom. The number of anilines is 1. The molecule has 1 N–H and O–H groups in total. The highest BCUT2D eigenvalue weighted by Crippen LogP contribution is 2.44. The molecule has 0 radical (unpaired) electrons. The lowest BCUT2D eigenvalue weighted by molar-refractivity contribution is -0.136. The van der Waals surface area contributed by atoms with E-state index in [9.17, 15) is 19.1 Å². The van der Waals surface area contributed by atoms with Crippen LogP contribution in [0.15, 0.2) is 12.1 Å². The Kier molecular flexibility index (Phi) is 4.57. The Morgan fingerprint density at radius 1 is 1.29 bits per heavy atom. The Bertz CT molecular complexity index is 999. The summed E-state index contributed by atoms with van der Waals surface area (Å²) in [5.74, 6) is -1.04. The maximum absolute atomic E-state index is 14.9. The second-order valence-electron chi connectivity index (χ2n) is 7.45. The minimum Gasteiger partial charge on any atom is -0.490 e. The molecule has 0 bridgehead atoms. The highest BCUT2D eigenvalue weighted by Gasteiger charge is 2.29. The number of aryl methyl sites for hydroxylation is 1. The van der Waals surface area contributed by atoms with Crippen LogP contribution < -0.4 is 9.64 Å². The van der Waals surface area contributed by atoms with Gasteiger partial charge in [-0.3, -0.25) is 9.59 Å². The molecule has 0 aromatic heterocycles. The number of hydrogen-bond acceptors (Lipinski definition) is 3. The predicted octanol–water partition coefficient (Wildman–Crippen LogP) is 3.58. The molecule has 0 unspecified atom stereocenters. The van der Waals surface area contributed by atoms with E-state index in [2.05, 4.69) is 0 Å².